The Labute approximate surface area is 81.4 Å². The molecule has 0 aromatic heterocycles. The Balaban J connectivity index is 3.11. The molecule has 0 aliphatic heterocycles. The molecule has 0 N–H and O–H groups in total. The molecule has 1 nitrogen and oxygen atoms in total. The summed E-state index contributed by atoms with van der Waals surface area (Å²) in [6.45, 7) is 6.65. The fourth-order valence-electron chi connectivity index (χ4n) is 1.53. The summed E-state index contributed by atoms with van der Waals surface area (Å²) in [7, 11) is 4.16. The minimum Gasteiger partial charge on any atom is -0.378 e. The minimum atomic E-state index is 0.611. The zero-order valence-electron chi connectivity index (χ0n) is 9.26. The van der Waals surface area contributed by atoms with Gasteiger partial charge in [0.15, 0.2) is 0 Å². The molecule has 1 heteroatoms. The van der Waals surface area contributed by atoms with Crippen molar-refractivity contribution in [1.29, 1.82) is 0 Å². The molecular formula is C12H19N. The summed E-state index contributed by atoms with van der Waals surface area (Å²) in [4.78, 5) is 2.14. The van der Waals surface area contributed by atoms with Gasteiger partial charge in [-0.15, -0.1) is 0 Å². The van der Waals surface area contributed by atoms with Crippen LogP contribution >= 0.6 is 0 Å². The molecule has 0 spiro atoms. The van der Waals surface area contributed by atoms with Gasteiger partial charge in [0, 0.05) is 19.8 Å². The van der Waals surface area contributed by atoms with Gasteiger partial charge in [-0.25, -0.2) is 0 Å². The average molecular weight is 177 g/mol. The molecule has 0 heterocycles. The lowest BCUT2D eigenvalue weighted by atomic mass is 9.97. The number of hydrogen-bond acceptors (Lipinski definition) is 1. The molecule has 1 aromatic rings. The fourth-order valence-corrected chi connectivity index (χ4v) is 1.53. The van der Waals surface area contributed by atoms with Gasteiger partial charge in [-0.3, -0.25) is 0 Å². The number of anilines is 1. The Bertz CT molecular complexity index is 287. The quantitative estimate of drug-likeness (QED) is 0.670. The molecule has 0 saturated carbocycles. The van der Waals surface area contributed by atoms with Crippen LogP contribution in [0, 0.1) is 6.92 Å². The van der Waals surface area contributed by atoms with Crippen LogP contribution in [0.15, 0.2) is 18.2 Å². The Kier molecular flexibility index (Phi) is 2.97. The van der Waals surface area contributed by atoms with Gasteiger partial charge in [0.05, 0.1) is 0 Å². The third kappa shape index (κ3) is 2.24. The largest absolute Gasteiger partial charge is 0.378 e. The molecule has 0 saturated heterocycles. The van der Waals surface area contributed by atoms with E-state index >= 15 is 0 Å². The minimum absolute atomic E-state index is 0.611. The van der Waals surface area contributed by atoms with Crippen molar-refractivity contribution in [3.63, 3.8) is 0 Å². The summed E-state index contributed by atoms with van der Waals surface area (Å²) in [6, 6.07) is 6.64. The van der Waals surface area contributed by atoms with Gasteiger partial charge in [-0.05, 0) is 36.1 Å². The number of hydrogen-bond donors (Lipinski definition) is 0. The van der Waals surface area contributed by atoms with Gasteiger partial charge >= 0.3 is 0 Å². The zero-order valence-corrected chi connectivity index (χ0v) is 9.26. The number of nitrogens with zero attached hydrogens (tertiary/aromatic N) is 1. The predicted molar refractivity (Wildman–Crippen MR) is 59.6 cm³/mol. The van der Waals surface area contributed by atoms with Crippen molar-refractivity contribution in [3.8, 4) is 0 Å². The van der Waals surface area contributed by atoms with Crippen molar-refractivity contribution in [2.45, 2.75) is 26.7 Å². The summed E-state index contributed by atoms with van der Waals surface area (Å²) in [5.41, 5.74) is 4.13. The maximum absolute atomic E-state index is 2.28. The van der Waals surface area contributed by atoms with Gasteiger partial charge in [0.25, 0.3) is 0 Å². The molecule has 1 aromatic carbocycles. The summed E-state index contributed by atoms with van der Waals surface area (Å²) in [6.07, 6.45) is 0. The highest BCUT2D eigenvalue weighted by molar-refractivity contribution is 5.50. The van der Waals surface area contributed by atoms with E-state index in [2.05, 4.69) is 58.0 Å². The summed E-state index contributed by atoms with van der Waals surface area (Å²) in [5, 5.41) is 0. The second-order valence-electron chi connectivity index (χ2n) is 4.09. The molecule has 1 rings (SSSR count). The molecule has 13 heavy (non-hydrogen) atoms. The monoisotopic (exact) mass is 177 g/mol. The van der Waals surface area contributed by atoms with Crippen molar-refractivity contribution in [2.24, 2.45) is 0 Å². The summed E-state index contributed by atoms with van der Waals surface area (Å²) in [5.74, 6) is 0.611. The zero-order chi connectivity index (χ0) is 10.0. The molecular weight excluding hydrogens is 158 g/mol. The van der Waals surface area contributed by atoms with Gasteiger partial charge in [-0.1, -0.05) is 19.9 Å². The first-order valence-electron chi connectivity index (χ1n) is 4.80. The van der Waals surface area contributed by atoms with Crippen LogP contribution in [0.25, 0.3) is 0 Å². The molecule has 0 aliphatic rings. The van der Waals surface area contributed by atoms with Gasteiger partial charge in [0.1, 0.15) is 0 Å². The topological polar surface area (TPSA) is 3.24 Å². The van der Waals surface area contributed by atoms with Crippen LogP contribution in [0.4, 0.5) is 5.69 Å². The van der Waals surface area contributed by atoms with Crippen molar-refractivity contribution in [1.82, 2.24) is 0 Å². The van der Waals surface area contributed by atoms with Crippen LogP contribution < -0.4 is 4.90 Å². The first kappa shape index (κ1) is 10.1. The molecule has 0 amide bonds. The lowest BCUT2D eigenvalue weighted by Gasteiger charge is -2.17. The predicted octanol–water partition coefficient (Wildman–Crippen LogP) is 3.18. The first-order valence-corrected chi connectivity index (χ1v) is 4.80. The molecule has 0 radical (unpaired) electrons. The highest BCUT2D eigenvalue weighted by Crippen LogP contribution is 2.23. The maximum atomic E-state index is 2.28. The lowest BCUT2D eigenvalue weighted by molar-refractivity contribution is 0.855. The van der Waals surface area contributed by atoms with E-state index in [1.807, 2.05) is 0 Å². The average Bonchev–Trinajstić information content (AvgIpc) is 2.04. The highest BCUT2D eigenvalue weighted by Gasteiger charge is 2.04. The molecule has 0 bridgehead atoms. The summed E-state index contributed by atoms with van der Waals surface area (Å²) < 4.78 is 0. The first-order chi connectivity index (χ1) is 6.02. The molecule has 0 fully saturated rings. The van der Waals surface area contributed by atoms with E-state index < -0.39 is 0 Å². The maximum Gasteiger partial charge on any atom is 0.0364 e. The van der Waals surface area contributed by atoms with Crippen molar-refractivity contribution in [2.75, 3.05) is 19.0 Å². The second kappa shape index (κ2) is 3.82. The number of benzene rings is 1. The molecule has 0 atom stereocenters. The van der Waals surface area contributed by atoms with E-state index in [0.29, 0.717) is 5.92 Å². The SMILES string of the molecule is Cc1ccc(N(C)C)cc1C(C)C. The van der Waals surface area contributed by atoms with Crippen LogP contribution in [-0.4, -0.2) is 14.1 Å². The second-order valence-corrected chi connectivity index (χ2v) is 4.09. The number of rotatable bonds is 2. The van der Waals surface area contributed by atoms with Gasteiger partial charge in [0.2, 0.25) is 0 Å². The normalized spacial score (nSPS) is 10.6. The summed E-state index contributed by atoms with van der Waals surface area (Å²) >= 11 is 0. The third-order valence-electron chi connectivity index (χ3n) is 2.40. The van der Waals surface area contributed by atoms with E-state index in [4.69, 9.17) is 0 Å². The number of aryl methyl sites for hydroxylation is 1. The van der Waals surface area contributed by atoms with Crippen LogP contribution in [-0.2, 0) is 0 Å². The fraction of sp³-hybridized carbons (Fsp3) is 0.500. The van der Waals surface area contributed by atoms with E-state index in [-0.39, 0.29) is 0 Å². The van der Waals surface area contributed by atoms with E-state index in [9.17, 15) is 0 Å². The standard InChI is InChI=1S/C12H19N/c1-9(2)12-8-11(13(4)5)7-6-10(12)3/h6-9H,1-5H3. The Morgan fingerprint density at radius 1 is 1.15 bits per heavy atom. The third-order valence-corrected chi connectivity index (χ3v) is 2.40. The van der Waals surface area contributed by atoms with E-state index in [1.54, 1.807) is 0 Å². The smallest absolute Gasteiger partial charge is 0.0364 e. The lowest BCUT2D eigenvalue weighted by Crippen LogP contribution is -2.09. The van der Waals surface area contributed by atoms with Crippen LogP contribution in [0.2, 0.25) is 0 Å². The van der Waals surface area contributed by atoms with Gasteiger partial charge in [-0.2, -0.15) is 0 Å². The van der Waals surface area contributed by atoms with Crippen molar-refractivity contribution < 1.29 is 0 Å². The Morgan fingerprint density at radius 2 is 1.77 bits per heavy atom. The van der Waals surface area contributed by atoms with E-state index in [0.717, 1.165) is 0 Å². The molecule has 0 aliphatic carbocycles. The Hall–Kier alpha value is -0.980. The Morgan fingerprint density at radius 3 is 2.23 bits per heavy atom. The van der Waals surface area contributed by atoms with Crippen LogP contribution in [0.1, 0.15) is 30.9 Å². The van der Waals surface area contributed by atoms with Crippen molar-refractivity contribution >= 4 is 5.69 Å². The van der Waals surface area contributed by atoms with Crippen LogP contribution in [0.3, 0.4) is 0 Å². The van der Waals surface area contributed by atoms with E-state index in [1.165, 1.54) is 16.8 Å². The van der Waals surface area contributed by atoms with Gasteiger partial charge < -0.3 is 4.90 Å². The molecule has 72 valence electrons. The van der Waals surface area contributed by atoms with Crippen LogP contribution in [0.5, 0.6) is 0 Å². The highest BCUT2D eigenvalue weighted by atomic mass is 15.1. The molecule has 0 unspecified atom stereocenters. The van der Waals surface area contributed by atoms with Crippen molar-refractivity contribution in [3.05, 3.63) is 29.3 Å².